The molecule has 1 aromatic carbocycles. The maximum absolute atomic E-state index is 6.34. The third-order valence-corrected chi connectivity index (χ3v) is 5.20. The van der Waals surface area contributed by atoms with E-state index in [0.29, 0.717) is 6.61 Å². The van der Waals surface area contributed by atoms with E-state index in [1.165, 1.54) is 11.5 Å². The lowest BCUT2D eigenvalue weighted by Crippen LogP contribution is -2.18. The third-order valence-electron chi connectivity index (χ3n) is 2.80. The number of aryl methyl sites for hydroxylation is 1. The average Bonchev–Trinajstić information content (AvgIpc) is 2.94. The van der Waals surface area contributed by atoms with E-state index in [2.05, 4.69) is 27.7 Å². The van der Waals surface area contributed by atoms with Gasteiger partial charge in [0.15, 0.2) is 4.34 Å². The Morgan fingerprint density at radius 3 is 3.00 bits per heavy atom. The molecule has 1 heterocycles. The highest BCUT2D eigenvalue weighted by molar-refractivity contribution is 8.01. The van der Waals surface area contributed by atoms with E-state index < -0.39 is 0 Å². The fraction of sp³-hybridized carbons (Fsp3) is 0.429. The molecule has 0 aliphatic rings. The smallest absolute Gasteiger partial charge is 0.174 e. The molecule has 0 aliphatic heterocycles. The highest BCUT2D eigenvalue weighted by atomic mass is 35.5. The summed E-state index contributed by atoms with van der Waals surface area (Å²) in [6.45, 7) is 4.31. The Balaban J connectivity index is 2.09. The van der Waals surface area contributed by atoms with E-state index in [4.69, 9.17) is 16.3 Å². The summed E-state index contributed by atoms with van der Waals surface area (Å²) >= 11 is 9.35. The second kappa shape index (κ2) is 8.70. The molecule has 0 saturated carbocycles. The van der Waals surface area contributed by atoms with Crippen molar-refractivity contribution in [1.29, 1.82) is 0 Å². The second-order valence-corrected chi connectivity index (χ2v) is 6.75. The SMILES string of the molecule is CCc1nsc(Sc2c(Cl)cccc2CNCCOC)n1. The van der Waals surface area contributed by atoms with Crippen LogP contribution in [0.25, 0.3) is 0 Å². The van der Waals surface area contributed by atoms with Crippen LogP contribution >= 0.6 is 34.9 Å². The van der Waals surface area contributed by atoms with Gasteiger partial charge in [0, 0.05) is 31.5 Å². The number of benzene rings is 1. The Labute approximate surface area is 138 Å². The molecule has 0 aliphatic carbocycles. The van der Waals surface area contributed by atoms with Crippen molar-refractivity contribution in [1.82, 2.24) is 14.7 Å². The van der Waals surface area contributed by atoms with Gasteiger partial charge in [0.1, 0.15) is 5.82 Å². The molecule has 2 rings (SSSR count). The van der Waals surface area contributed by atoms with Crippen LogP contribution < -0.4 is 5.32 Å². The van der Waals surface area contributed by atoms with Crippen LogP contribution in [-0.4, -0.2) is 29.6 Å². The lowest BCUT2D eigenvalue weighted by molar-refractivity contribution is 0.199. The molecule has 0 bridgehead atoms. The molecule has 0 spiro atoms. The highest BCUT2D eigenvalue weighted by Crippen LogP contribution is 2.36. The summed E-state index contributed by atoms with van der Waals surface area (Å²) in [7, 11) is 1.70. The molecule has 7 heteroatoms. The number of methoxy groups -OCH3 is 1. The first-order valence-electron chi connectivity index (χ1n) is 6.72. The molecular formula is C14H18ClN3OS2. The molecule has 114 valence electrons. The fourth-order valence-corrected chi connectivity index (χ4v) is 3.80. The summed E-state index contributed by atoms with van der Waals surface area (Å²) in [5.41, 5.74) is 1.16. The highest BCUT2D eigenvalue weighted by Gasteiger charge is 2.12. The molecule has 0 atom stereocenters. The minimum Gasteiger partial charge on any atom is -0.383 e. The van der Waals surface area contributed by atoms with Gasteiger partial charge in [-0.1, -0.05) is 42.4 Å². The van der Waals surface area contributed by atoms with Crippen LogP contribution in [0.3, 0.4) is 0 Å². The molecule has 1 aromatic heterocycles. The molecule has 2 aromatic rings. The number of ether oxygens (including phenoxy) is 1. The van der Waals surface area contributed by atoms with Crippen molar-refractivity contribution in [2.24, 2.45) is 0 Å². The summed E-state index contributed by atoms with van der Waals surface area (Å²) in [4.78, 5) is 5.53. The van der Waals surface area contributed by atoms with E-state index in [0.717, 1.165) is 45.2 Å². The van der Waals surface area contributed by atoms with Crippen molar-refractivity contribution in [3.8, 4) is 0 Å². The Morgan fingerprint density at radius 1 is 1.43 bits per heavy atom. The monoisotopic (exact) mass is 343 g/mol. The van der Waals surface area contributed by atoms with Gasteiger partial charge >= 0.3 is 0 Å². The number of rotatable bonds is 8. The van der Waals surface area contributed by atoms with Gasteiger partial charge in [-0.3, -0.25) is 0 Å². The van der Waals surface area contributed by atoms with Crippen molar-refractivity contribution in [2.75, 3.05) is 20.3 Å². The lowest BCUT2D eigenvalue weighted by atomic mass is 10.2. The molecule has 0 radical (unpaired) electrons. The van der Waals surface area contributed by atoms with Crippen LogP contribution in [0, 0.1) is 0 Å². The van der Waals surface area contributed by atoms with Gasteiger partial charge in [-0.05, 0) is 23.2 Å². The van der Waals surface area contributed by atoms with Crippen LogP contribution in [0.4, 0.5) is 0 Å². The maximum atomic E-state index is 6.34. The minimum absolute atomic E-state index is 0.694. The van der Waals surface area contributed by atoms with Crippen molar-refractivity contribution in [3.05, 3.63) is 34.6 Å². The second-order valence-electron chi connectivity index (χ2n) is 4.33. The van der Waals surface area contributed by atoms with E-state index in [-0.39, 0.29) is 0 Å². The zero-order valence-electron chi connectivity index (χ0n) is 12.1. The summed E-state index contributed by atoms with van der Waals surface area (Å²) in [5.74, 6) is 0.884. The summed E-state index contributed by atoms with van der Waals surface area (Å²) in [6, 6.07) is 5.96. The maximum Gasteiger partial charge on any atom is 0.174 e. The molecule has 0 amide bonds. The van der Waals surface area contributed by atoms with Crippen LogP contribution in [-0.2, 0) is 17.7 Å². The van der Waals surface area contributed by atoms with Crippen LogP contribution in [0.2, 0.25) is 5.02 Å². The predicted octanol–water partition coefficient (Wildman–Crippen LogP) is 3.64. The Bertz CT molecular complexity index is 577. The normalized spacial score (nSPS) is 11.0. The average molecular weight is 344 g/mol. The van der Waals surface area contributed by atoms with Crippen molar-refractivity contribution < 1.29 is 4.74 Å². The first-order valence-corrected chi connectivity index (χ1v) is 8.68. The van der Waals surface area contributed by atoms with Gasteiger partial charge < -0.3 is 10.1 Å². The first-order chi connectivity index (χ1) is 10.2. The molecule has 21 heavy (non-hydrogen) atoms. The lowest BCUT2D eigenvalue weighted by Gasteiger charge is -2.10. The fourth-order valence-electron chi connectivity index (χ4n) is 1.71. The summed E-state index contributed by atoms with van der Waals surface area (Å²) in [5, 5.41) is 4.09. The number of hydrogen-bond donors (Lipinski definition) is 1. The van der Waals surface area contributed by atoms with Gasteiger partial charge in [-0.2, -0.15) is 4.37 Å². The molecule has 0 fully saturated rings. The standard InChI is InChI=1S/C14H18ClN3OS2/c1-3-12-17-14(21-18-12)20-13-10(5-4-6-11(13)15)9-16-7-8-19-2/h4-6,16H,3,7-9H2,1-2H3. The molecular weight excluding hydrogens is 326 g/mol. The van der Waals surface area contributed by atoms with Crippen LogP contribution in [0.15, 0.2) is 27.4 Å². The van der Waals surface area contributed by atoms with Crippen molar-refractivity contribution in [2.45, 2.75) is 29.1 Å². The van der Waals surface area contributed by atoms with E-state index in [1.807, 2.05) is 12.1 Å². The number of nitrogens with zero attached hydrogens (tertiary/aromatic N) is 2. The minimum atomic E-state index is 0.694. The summed E-state index contributed by atoms with van der Waals surface area (Å²) in [6.07, 6.45) is 0.852. The van der Waals surface area contributed by atoms with Gasteiger partial charge in [-0.25, -0.2) is 4.98 Å². The van der Waals surface area contributed by atoms with Gasteiger partial charge in [0.25, 0.3) is 0 Å². The van der Waals surface area contributed by atoms with Gasteiger partial charge in [-0.15, -0.1) is 0 Å². The van der Waals surface area contributed by atoms with E-state index in [9.17, 15) is 0 Å². The van der Waals surface area contributed by atoms with Crippen molar-refractivity contribution >= 4 is 34.9 Å². The quantitative estimate of drug-likeness (QED) is 0.741. The van der Waals surface area contributed by atoms with Crippen molar-refractivity contribution in [3.63, 3.8) is 0 Å². The molecule has 0 unspecified atom stereocenters. The Kier molecular flexibility index (Phi) is 6.92. The zero-order valence-corrected chi connectivity index (χ0v) is 14.4. The molecule has 0 saturated heterocycles. The summed E-state index contributed by atoms with van der Waals surface area (Å²) < 4.78 is 10.3. The molecule has 1 N–H and O–H groups in total. The number of aromatic nitrogens is 2. The first kappa shape index (κ1) is 16.7. The number of hydrogen-bond acceptors (Lipinski definition) is 6. The predicted molar refractivity (Wildman–Crippen MR) is 88.4 cm³/mol. The Morgan fingerprint density at radius 2 is 2.29 bits per heavy atom. The van der Waals surface area contributed by atoms with Crippen LogP contribution in [0.5, 0.6) is 0 Å². The largest absolute Gasteiger partial charge is 0.383 e. The van der Waals surface area contributed by atoms with Gasteiger partial charge in [0.2, 0.25) is 0 Å². The van der Waals surface area contributed by atoms with Crippen LogP contribution in [0.1, 0.15) is 18.3 Å². The molecule has 4 nitrogen and oxygen atoms in total. The number of nitrogens with one attached hydrogen (secondary N) is 1. The number of halogens is 1. The van der Waals surface area contributed by atoms with Gasteiger partial charge in [0.05, 0.1) is 11.6 Å². The third kappa shape index (κ3) is 4.93. The van der Waals surface area contributed by atoms with E-state index >= 15 is 0 Å². The Hall–Kier alpha value is -0.660. The topological polar surface area (TPSA) is 47.0 Å². The van der Waals surface area contributed by atoms with E-state index in [1.54, 1.807) is 18.9 Å². The zero-order chi connectivity index (χ0) is 15.1.